The van der Waals surface area contributed by atoms with Crippen molar-refractivity contribution in [2.24, 2.45) is 0 Å². The van der Waals surface area contributed by atoms with Gasteiger partial charge < -0.3 is 9.84 Å². The number of ether oxygens (including phenoxy) is 1. The Balaban J connectivity index is 2.59. The molecule has 0 aliphatic rings. The van der Waals surface area contributed by atoms with Crippen molar-refractivity contribution in [3.63, 3.8) is 0 Å². The van der Waals surface area contributed by atoms with Gasteiger partial charge in [-0.1, -0.05) is 30.3 Å². The maximum atomic E-state index is 11.4. The number of hydrogen-bond donors (Lipinski definition) is 1. The first-order chi connectivity index (χ1) is 8.63. The molecule has 0 fully saturated rings. The maximum absolute atomic E-state index is 11.4. The van der Waals surface area contributed by atoms with Gasteiger partial charge in [-0.15, -0.1) is 0 Å². The van der Waals surface area contributed by atoms with E-state index < -0.39 is 0 Å². The van der Waals surface area contributed by atoms with E-state index in [-0.39, 0.29) is 18.0 Å². The molecular formula is C15H22O3. The number of aliphatic hydroxyl groups is 1. The van der Waals surface area contributed by atoms with Gasteiger partial charge in [-0.05, 0) is 38.2 Å². The van der Waals surface area contributed by atoms with Crippen LogP contribution in [0.1, 0.15) is 44.6 Å². The van der Waals surface area contributed by atoms with Crippen molar-refractivity contribution in [2.45, 2.75) is 45.1 Å². The van der Waals surface area contributed by atoms with Gasteiger partial charge in [0.25, 0.3) is 0 Å². The maximum Gasteiger partial charge on any atom is 0.305 e. The van der Waals surface area contributed by atoms with E-state index in [1.807, 2.05) is 37.3 Å². The summed E-state index contributed by atoms with van der Waals surface area (Å²) < 4.78 is 4.93. The fourth-order valence-electron chi connectivity index (χ4n) is 2.08. The van der Waals surface area contributed by atoms with Crippen LogP contribution in [0.5, 0.6) is 0 Å². The van der Waals surface area contributed by atoms with Crippen LogP contribution in [0.2, 0.25) is 0 Å². The van der Waals surface area contributed by atoms with E-state index in [9.17, 15) is 9.90 Å². The molecule has 100 valence electrons. The first-order valence-electron chi connectivity index (χ1n) is 6.52. The summed E-state index contributed by atoms with van der Waals surface area (Å²) in [6.45, 7) is 4.01. The second-order valence-corrected chi connectivity index (χ2v) is 4.54. The molecule has 0 amide bonds. The van der Waals surface area contributed by atoms with Crippen LogP contribution in [0, 0.1) is 0 Å². The standard InChI is InChI=1S/C15H22O3/c1-3-18-15(17)10-9-14(11-12(2)16)13-7-5-4-6-8-13/h4-8,12,14,16H,3,9-11H2,1-2H3/t12-,14+/m1/s1. The molecule has 1 aromatic rings. The zero-order valence-electron chi connectivity index (χ0n) is 11.1. The Bertz CT molecular complexity index is 346. The minimum Gasteiger partial charge on any atom is -0.466 e. The van der Waals surface area contributed by atoms with Gasteiger partial charge in [0.15, 0.2) is 0 Å². The number of hydrogen-bond acceptors (Lipinski definition) is 3. The van der Waals surface area contributed by atoms with Gasteiger partial charge in [-0.25, -0.2) is 0 Å². The van der Waals surface area contributed by atoms with Crippen LogP contribution < -0.4 is 0 Å². The number of esters is 1. The third kappa shape index (κ3) is 5.32. The average molecular weight is 250 g/mol. The van der Waals surface area contributed by atoms with Crippen molar-refractivity contribution in [1.82, 2.24) is 0 Å². The van der Waals surface area contributed by atoms with Gasteiger partial charge in [0.05, 0.1) is 12.7 Å². The molecule has 3 heteroatoms. The largest absolute Gasteiger partial charge is 0.466 e. The van der Waals surface area contributed by atoms with Crippen molar-refractivity contribution in [2.75, 3.05) is 6.61 Å². The Morgan fingerprint density at radius 2 is 2.00 bits per heavy atom. The van der Waals surface area contributed by atoms with Gasteiger partial charge in [-0.2, -0.15) is 0 Å². The highest BCUT2D eigenvalue weighted by molar-refractivity contribution is 5.69. The molecule has 0 aliphatic carbocycles. The van der Waals surface area contributed by atoms with E-state index in [0.717, 1.165) is 0 Å². The Morgan fingerprint density at radius 1 is 1.33 bits per heavy atom. The summed E-state index contributed by atoms with van der Waals surface area (Å²) in [4.78, 5) is 11.4. The van der Waals surface area contributed by atoms with Gasteiger partial charge in [-0.3, -0.25) is 4.79 Å². The predicted molar refractivity (Wildman–Crippen MR) is 71.3 cm³/mol. The van der Waals surface area contributed by atoms with Crippen molar-refractivity contribution in [3.8, 4) is 0 Å². The van der Waals surface area contributed by atoms with Crippen LogP contribution in [0.4, 0.5) is 0 Å². The third-order valence-corrected chi connectivity index (χ3v) is 2.90. The highest BCUT2D eigenvalue weighted by Crippen LogP contribution is 2.26. The highest BCUT2D eigenvalue weighted by atomic mass is 16.5. The average Bonchev–Trinajstić information content (AvgIpc) is 2.35. The fraction of sp³-hybridized carbons (Fsp3) is 0.533. The zero-order valence-corrected chi connectivity index (χ0v) is 11.1. The molecule has 0 saturated heterocycles. The van der Waals surface area contributed by atoms with Crippen molar-refractivity contribution >= 4 is 5.97 Å². The van der Waals surface area contributed by atoms with Crippen LogP contribution >= 0.6 is 0 Å². The summed E-state index contributed by atoms with van der Waals surface area (Å²) in [7, 11) is 0. The smallest absolute Gasteiger partial charge is 0.305 e. The van der Waals surface area contributed by atoms with E-state index in [1.165, 1.54) is 5.56 Å². The minimum atomic E-state index is -0.364. The molecule has 0 spiro atoms. The zero-order chi connectivity index (χ0) is 13.4. The lowest BCUT2D eigenvalue weighted by atomic mass is 9.89. The molecule has 1 aromatic carbocycles. The Morgan fingerprint density at radius 3 is 2.56 bits per heavy atom. The summed E-state index contributed by atoms with van der Waals surface area (Å²) >= 11 is 0. The summed E-state index contributed by atoms with van der Waals surface area (Å²) in [5, 5.41) is 9.54. The summed E-state index contributed by atoms with van der Waals surface area (Å²) in [5.74, 6) is 0.0413. The molecule has 0 bridgehead atoms. The number of carbonyl (C=O) groups is 1. The molecule has 0 aliphatic heterocycles. The first kappa shape index (κ1) is 14.7. The van der Waals surface area contributed by atoms with E-state index in [1.54, 1.807) is 6.92 Å². The van der Waals surface area contributed by atoms with Crippen LogP contribution in [-0.4, -0.2) is 23.8 Å². The molecule has 0 heterocycles. The molecular weight excluding hydrogens is 228 g/mol. The molecule has 18 heavy (non-hydrogen) atoms. The van der Waals surface area contributed by atoms with Gasteiger partial charge in [0.1, 0.15) is 0 Å². The fourth-order valence-corrected chi connectivity index (χ4v) is 2.08. The summed E-state index contributed by atoms with van der Waals surface area (Å²) in [6, 6.07) is 10.0. The molecule has 0 aromatic heterocycles. The monoisotopic (exact) mass is 250 g/mol. The first-order valence-corrected chi connectivity index (χ1v) is 6.52. The molecule has 1 rings (SSSR count). The van der Waals surface area contributed by atoms with E-state index in [0.29, 0.717) is 25.9 Å². The lowest BCUT2D eigenvalue weighted by Gasteiger charge is -2.18. The molecule has 0 saturated carbocycles. The molecule has 0 unspecified atom stereocenters. The van der Waals surface area contributed by atoms with Gasteiger partial charge >= 0.3 is 5.97 Å². The number of aliphatic hydroxyl groups excluding tert-OH is 1. The van der Waals surface area contributed by atoms with Crippen LogP contribution in [0.15, 0.2) is 30.3 Å². The Hall–Kier alpha value is -1.35. The SMILES string of the molecule is CCOC(=O)CC[C@@H](C[C@@H](C)O)c1ccccc1. The molecule has 1 N–H and O–H groups in total. The van der Waals surface area contributed by atoms with E-state index >= 15 is 0 Å². The quantitative estimate of drug-likeness (QED) is 0.757. The van der Waals surface area contributed by atoms with Crippen molar-refractivity contribution in [3.05, 3.63) is 35.9 Å². The summed E-state index contributed by atoms with van der Waals surface area (Å²) in [6.07, 6.45) is 1.43. The van der Waals surface area contributed by atoms with Gasteiger partial charge in [0.2, 0.25) is 0 Å². The van der Waals surface area contributed by atoms with Crippen LogP contribution in [0.25, 0.3) is 0 Å². The number of carbonyl (C=O) groups excluding carboxylic acids is 1. The van der Waals surface area contributed by atoms with Crippen LogP contribution in [0.3, 0.4) is 0 Å². The van der Waals surface area contributed by atoms with Gasteiger partial charge in [0, 0.05) is 6.42 Å². The minimum absolute atomic E-state index is 0.163. The molecule has 2 atom stereocenters. The van der Waals surface area contributed by atoms with Crippen LogP contribution in [-0.2, 0) is 9.53 Å². The number of benzene rings is 1. The second kappa shape index (κ2) is 7.88. The van der Waals surface area contributed by atoms with E-state index in [2.05, 4.69) is 0 Å². The molecule has 0 radical (unpaired) electrons. The Kier molecular flexibility index (Phi) is 6.44. The third-order valence-electron chi connectivity index (χ3n) is 2.90. The summed E-state index contributed by atoms with van der Waals surface area (Å²) in [5.41, 5.74) is 1.17. The van der Waals surface area contributed by atoms with Crippen molar-refractivity contribution in [1.29, 1.82) is 0 Å². The molecule has 3 nitrogen and oxygen atoms in total. The lowest BCUT2D eigenvalue weighted by molar-refractivity contribution is -0.143. The predicted octanol–water partition coefficient (Wildman–Crippen LogP) is 2.88. The normalized spacial score (nSPS) is 13.9. The number of rotatable bonds is 7. The highest BCUT2D eigenvalue weighted by Gasteiger charge is 2.16. The van der Waals surface area contributed by atoms with E-state index in [4.69, 9.17) is 4.74 Å². The second-order valence-electron chi connectivity index (χ2n) is 4.54. The van der Waals surface area contributed by atoms with Crippen molar-refractivity contribution < 1.29 is 14.6 Å². The Labute approximate surface area is 109 Å². The topological polar surface area (TPSA) is 46.5 Å². The lowest BCUT2D eigenvalue weighted by Crippen LogP contribution is -2.12.